The van der Waals surface area contributed by atoms with Crippen LogP contribution < -0.4 is 5.73 Å². The molecule has 4 heteroatoms. The number of nitrogens with zero attached hydrogens (tertiary/aromatic N) is 1. The van der Waals surface area contributed by atoms with Crippen molar-refractivity contribution in [2.24, 2.45) is 17.6 Å². The molecular weight excluding hydrogens is 216 g/mol. The topological polar surface area (TPSA) is 55.6 Å². The SMILES string of the molecule is CC(C)CN(CCCN)C(=O)C1OCCC1C. The minimum absolute atomic E-state index is 0.150. The zero-order chi connectivity index (χ0) is 12.8. The molecular formula is C13H26N2O2. The molecule has 0 aromatic heterocycles. The van der Waals surface area contributed by atoms with E-state index in [4.69, 9.17) is 10.5 Å². The molecule has 2 atom stereocenters. The molecule has 1 amide bonds. The third-order valence-electron chi connectivity index (χ3n) is 3.16. The zero-order valence-electron chi connectivity index (χ0n) is 11.3. The summed E-state index contributed by atoms with van der Waals surface area (Å²) in [6.45, 7) is 9.23. The van der Waals surface area contributed by atoms with Crippen molar-refractivity contribution in [3.63, 3.8) is 0 Å². The van der Waals surface area contributed by atoms with E-state index in [1.54, 1.807) is 0 Å². The van der Waals surface area contributed by atoms with Crippen LogP contribution in [0.1, 0.15) is 33.6 Å². The fourth-order valence-corrected chi connectivity index (χ4v) is 2.21. The molecule has 2 N–H and O–H groups in total. The molecule has 1 rings (SSSR count). The second kappa shape index (κ2) is 6.97. The van der Waals surface area contributed by atoms with Crippen LogP contribution in [0, 0.1) is 11.8 Å². The Balaban J connectivity index is 2.57. The van der Waals surface area contributed by atoms with E-state index in [0.29, 0.717) is 25.0 Å². The van der Waals surface area contributed by atoms with Gasteiger partial charge < -0.3 is 15.4 Å². The Kier molecular flexibility index (Phi) is 5.92. The number of rotatable bonds is 6. The van der Waals surface area contributed by atoms with E-state index in [-0.39, 0.29) is 12.0 Å². The molecule has 0 radical (unpaired) electrons. The van der Waals surface area contributed by atoms with E-state index in [2.05, 4.69) is 20.8 Å². The number of hydrogen-bond donors (Lipinski definition) is 1. The van der Waals surface area contributed by atoms with E-state index in [1.807, 2.05) is 4.90 Å². The van der Waals surface area contributed by atoms with Gasteiger partial charge in [0.15, 0.2) is 0 Å². The monoisotopic (exact) mass is 242 g/mol. The van der Waals surface area contributed by atoms with E-state index in [9.17, 15) is 4.79 Å². The fourth-order valence-electron chi connectivity index (χ4n) is 2.21. The van der Waals surface area contributed by atoms with Crippen molar-refractivity contribution < 1.29 is 9.53 Å². The van der Waals surface area contributed by atoms with Gasteiger partial charge in [-0.15, -0.1) is 0 Å². The predicted molar refractivity (Wildman–Crippen MR) is 68.6 cm³/mol. The molecule has 100 valence electrons. The molecule has 4 nitrogen and oxygen atoms in total. The lowest BCUT2D eigenvalue weighted by Gasteiger charge is -2.28. The van der Waals surface area contributed by atoms with Crippen LogP contribution in [0.5, 0.6) is 0 Å². The van der Waals surface area contributed by atoms with Crippen molar-refractivity contribution in [3.8, 4) is 0 Å². The maximum absolute atomic E-state index is 12.4. The first-order valence-electron chi connectivity index (χ1n) is 6.66. The molecule has 1 aliphatic heterocycles. The average Bonchev–Trinajstić information content (AvgIpc) is 2.69. The summed E-state index contributed by atoms with van der Waals surface area (Å²) in [6, 6.07) is 0. The van der Waals surface area contributed by atoms with Crippen LogP contribution in [0.4, 0.5) is 0 Å². The van der Waals surface area contributed by atoms with Gasteiger partial charge in [-0.3, -0.25) is 4.79 Å². The van der Waals surface area contributed by atoms with Gasteiger partial charge in [-0.05, 0) is 31.2 Å². The van der Waals surface area contributed by atoms with E-state index in [0.717, 1.165) is 25.9 Å². The number of carbonyl (C=O) groups excluding carboxylic acids is 1. The standard InChI is InChI=1S/C13H26N2O2/c1-10(2)9-15(7-4-6-14)13(16)12-11(3)5-8-17-12/h10-12H,4-9,14H2,1-3H3. The van der Waals surface area contributed by atoms with Gasteiger partial charge in [-0.2, -0.15) is 0 Å². The van der Waals surface area contributed by atoms with Gasteiger partial charge in [-0.25, -0.2) is 0 Å². The van der Waals surface area contributed by atoms with Crippen LogP contribution in [0.2, 0.25) is 0 Å². The Morgan fingerprint density at radius 3 is 2.71 bits per heavy atom. The second-order valence-electron chi connectivity index (χ2n) is 5.38. The van der Waals surface area contributed by atoms with Crippen LogP contribution in [-0.4, -0.2) is 43.2 Å². The van der Waals surface area contributed by atoms with Crippen molar-refractivity contribution in [1.82, 2.24) is 4.90 Å². The summed E-state index contributed by atoms with van der Waals surface area (Å²) in [5.74, 6) is 0.973. The van der Waals surface area contributed by atoms with Crippen molar-refractivity contribution in [3.05, 3.63) is 0 Å². The van der Waals surface area contributed by atoms with Gasteiger partial charge in [0, 0.05) is 19.7 Å². The van der Waals surface area contributed by atoms with Crippen LogP contribution in [0.3, 0.4) is 0 Å². The molecule has 1 saturated heterocycles. The maximum atomic E-state index is 12.4. The largest absolute Gasteiger partial charge is 0.368 e. The summed E-state index contributed by atoms with van der Waals surface area (Å²) in [7, 11) is 0. The van der Waals surface area contributed by atoms with Crippen molar-refractivity contribution in [2.45, 2.75) is 39.7 Å². The molecule has 0 aromatic rings. The molecule has 1 heterocycles. The molecule has 0 aromatic carbocycles. The minimum Gasteiger partial charge on any atom is -0.368 e. The van der Waals surface area contributed by atoms with E-state index >= 15 is 0 Å². The number of nitrogens with two attached hydrogens (primary N) is 1. The van der Waals surface area contributed by atoms with Crippen LogP contribution in [-0.2, 0) is 9.53 Å². The van der Waals surface area contributed by atoms with Gasteiger partial charge in [-0.1, -0.05) is 20.8 Å². The van der Waals surface area contributed by atoms with Crippen molar-refractivity contribution >= 4 is 5.91 Å². The summed E-state index contributed by atoms with van der Waals surface area (Å²) < 4.78 is 5.55. The first kappa shape index (κ1) is 14.5. The predicted octanol–water partition coefficient (Wildman–Crippen LogP) is 1.24. The highest BCUT2D eigenvalue weighted by Crippen LogP contribution is 2.22. The smallest absolute Gasteiger partial charge is 0.251 e. The third kappa shape index (κ3) is 4.28. The highest BCUT2D eigenvalue weighted by atomic mass is 16.5. The van der Waals surface area contributed by atoms with E-state index < -0.39 is 0 Å². The Hall–Kier alpha value is -0.610. The number of hydrogen-bond acceptors (Lipinski definition) is 3. The minimum atomic E-state index is -0.230. The fraction of sp³-hybridized carbons (Fsp3) is 0.923. The van der Waals surface area contributed by atoms with Crippen molar-refractivity contribution in [2.75, 3.05) is 26.2 Å². The molecule has 0 bridgehead atoms. The van der Waals surface area contributed by atoms with Gasteiger partial charge in [0.25, 0.3) is 5.91 Å². The van der Waals surface area contributed by atoms with Gasteiger partial charge in [0.05, 0.1) is 0 Å². The van der Waals surface area contributed by atoms with Crippen LogP contribution in [0.25, 0.3) is 0 Å². The molecule has 0 aliphatic carbocycles. The molecule has 0 spiro atoms. The lowest BCUT2D eigenvalue weighted by molar-refractivity contribution is -0.143. The average molecular weight is 242 g/mol. The Bertz CT molecular complexity index is 244. The molecule has 0 saturated carbocycles. The van der Waals surface area contributed by atoms with Crippen molar-refractivity contribution in [1.29, 1.82) is 0 Å². The lowest BCUT2D eigenvalue weighted by Crippen LogP contribution is -2.43. The first-order chi connectivity index (χ1) is 8.06. The highest BCUT2D eigenvalue weighted by molar-refractivity contribution is 5.81. The Morgan fingerprint density at radius 2 is 2.24 bits per heavy atom. The quantitative estimate of drug-likeness (QED) is 0.762. The molecule has 1 aliphatic rings. The summed E-state index contributed by atoms with van der Waals surface area (Å²) in [6.07, 6.45) is 1.62. The van der Waals surface area contributed by atoms with Gasteiger partial charge in [0.1, 0.15) is 6.10 Å². The molecule has 17 heavy (non-hydrogen) atoms. The first-order valence-corrected chi connectivity index (χ1v) is 6.66. The Labute approximate surface area is 104 Å². The number of carbonyl (C=O) groups is 1. The summed E-state index contributed by atoms with van der Waals surface area (Å²) >= 11 is 0. The van der Waals surface area contributed by atoms with Crippen LogP contribution >= 0.6 is 0 Å². The van der Waals surface area contributed by atoms with Gasteiger partial charge >= 0.3 is 0 Å². The zero-order valence-corrected chi connectivity index (χ0v) is 11.3. The maximum Gasteiger partial charge on any atom is 0.251 e. The highest BCUT2D eigenvalue weighted by Gasteiger charge is 2.33. The summed E-state index contributed by atoms with van der Waals surface area (Å²) in [4.78, 5) is 14.3. The second-order valence-corrected chi connectivity index (χ2v) is 5.38. The lowest BCUT2D eigenvalue weighted by atomic mass is 10.0. The summed E-state index contributed by atoms with van der Waals surface area (Å²) in [5, 5.41) is 0. The number of amides is 1. The number of ether oxygens (including phenoxy) is 1. The normalized spacial score (nSPS) is 24.3. The third-order valence-corrected chi connectivity index (χ3v) is 3.16. The summed E-state index contributed by atoms with van der Waals surface area (Å²) in [5.41, 5.74) is 5.52. The van der Waals surface area contributed by atoms with Crippen LogP contribution in [0.15, 0.2) is 0 Å². The van der Waals surface area contributed by atoms with Gasteiger partial charge in [0.2, 0.25) is 0 Å². The molecule has 2 unspecified atom stereocenters. The Morgan fingerprint density at radius 1 is 1.53 bits per heavy atom. The molecule has 1 fully saturated rings. The van der Waals surface area contributed by atoms with E-state index in [1.165, 1.54) is 0 Å².